The van der Waals surface area contributed by atoms with E-state index in [1.807, 2.05) is 18.3 Å². The fraction of sp³-hybridized carbons (Fsp3) is 0.538. The maximum atomic E-state index is 4.55. The standard InChI is InChI=1S/C13H21N5/c1-13(2,3)14-8-10-17(4)11-6-9-18-12(16-11)5-7-15-18/h5-7,9,14H,8,10H2,1-4H3. The molecule has 0 aliphatic carbocycles. The van der Waals surface area contributed by atoms with Gasteiger partial charge in [0.2, 0.25) is 0 Å². The van der Waals surface area contributed by atoms with Gasteiger partial charge in [0.05, 0.1) is 6.20 Å². The van der Waals surface area contributed by atoms with E-state index in [0.717, 1.165) is 24.6 Å². The number of hydrogen-bond donors (Lipinski definition) is 1. The molecule has 18 heavy (non-hydrogen) atoms. The maximum absolute atomic E-state index is 4.55. The smallest absolute Gasteiger partial charge is 0.157 e. The van der Waals surface area contributed by atoms with Crippen molar-refractivity contribution in [3.8, 4) is 0 Å². The lowest BCUT2D eigenvalue weighted by Gasteiger charge is -2.24. The summed E-state index contributed by atoms with van der Waals surface area (Å²) in [5.74, 6) is 0.971. The summed E-state index contributed by atoms with van der Waals surface area (Å²) in [6.07, 6.45) is 3.69. The highest BCUT2D eigenvalue weighted by atomic mass is 15.3. The molecular formula is C13H21N5. The summed E-state index contributed by atoms with van der Waals surface area (Å²) < 4.78 is 1.77. The van der Waals surface area contributed by atoms with Crippen LogP contribution < -0.4 is 10.2 Å². The van der Waals surface area contributed by atoms with Crippen LogP contribution in [0.25, 0.3) is 5.65 Å². The van der Waals surface area contributed by atoms with Gasteiger partial charge in [0.25, 0.3) is 0 Å². The van der Waals surface area contributed by atoms with Gasteiger partial charge in [0.15, 0.2) is 5.65 Å². The average Bonchev–Trinajstić information content (AvgIpc) is 2.73. The van der Waals surface area contributed by atoms with Crippen molar-refractivity contribution >= 4 is 11.5 Å². The first-order valence-corrected chi connectivity index (χ1v) is 6.22. The Morgan fingerprint density at radius 2 is 2.11 bits per heavy atom. The second kappa shape index (κ2) is 4.94. The first-order valence-electron chi connectivity index (χ1n) is 6.22. The average molecular weight is 247 g/mol. The third-order valence-corrected chi connectivity index (χ3v) is 2.74. The number of hydrogen-bond acceptors (Lipinski definition) is 4. The molecule has 2 aromatic rings. The third kappa shape index (κ3) is 3.20. The molecule has 5 heteroatoms. The summed E-state index contributed by atoms with van der Waals surface area (Å²) in [6, 6.07) is 3.89. The minimum absolute atomic E-state index is 0.156. The number of fused-ring (bicyclic) bond motifs is 1. The third-order valence-electron chi connectivity index (χ3n) is 2.74. The molecule has 0 aliphatic rings. The van der Waals surface area contributed by atoms with Gasteiger partial charge in [-0.1, -0.05) is 0 Å². The molecule has 0 saturated carbocycles. The predicted octanol–water partition coefficient (Wildman–Crippen LogP) is 1.55. The molecular weight excluding hydrogens is 226 g/mol. The van der Waals surface area contributed by atoms with Crippen molar-refractivity contribution < 1.29 is 0 Å². The van der Waals surface area contributed by atoms with Crippen molar-refractivity contribution in [2.45, 2.75) is 26.3 Å². The van der Waals surface area contributed by atoms with Crippen molar-refractivity contribution in [1.29, 1.82) is 0 Å². The summed E-state index contributed by atoms with van der Waals surface area (Å²) >= 11 is 0. The van der Waals surface area contributed by atoms with Gasteiger partial charge in [0.1, 0.15) is 5.82 Å². The fourth-order valence-electron chi connectivity index (χ4n) is 1.73. The van der Waals surface area contributed by atoms with Crippen LogP contribution in [0.15, 0.2) is 24.5 Å². The Morgan fingerprint density at radius 1 is 1.33 bits per heavy atom. The van der Waals surface area contributed by atoms with Crippen LogP contribution in [-0.2, 0) is 0 Å². The number of likely N-dealkylation sites (N-methyl/N-ethyl adjacent to an activating group) is 1. The van der Waals surface area contributed by atoms with Gasteiger partial charge in [-0.25, -0.2) is 9.50 Å². The first-order chi connectivity index (χ1) is 8.46. The van der Waals surface area contributed by atoms with E-state index in [2.05, 4.69) is 48.1 Å². The Morgan fingerprint density at radius 3 is 2.83 bits per heavy atom. The van der Waals surface area contributed by atoms with E-state index in [-0.39, 0.29) is 5.54 Å². The summed E-state index contributed by atoms with van der Waals surface area (Å²) in [7, 11) is 2.06. The van der Waals surface area contributed by atoms with Crippen molar-refractivity contribution in [2.24, 2.45) is 0 Å². The van der Waals surface area contributed by atoms with Crippen LogP contribution in [0.5, 0.6) is 0 Å². The number of nitrogens with zero attached hydrogens (tertiary/aromatic N) is 4. The molecule has 98 valence electrons. The van der Waals surface area contributed by atoms with Crippen LogP contribution in [0.1, 0.15) is 20.8 Å². The monoisotopic (exact) mass is 247 g/mol. The summed E-state index contributed by atoms with van der Waals surface area (Å²) in [5.41, 5.74) is 1.03. The van der Waals surface area contributed by atoms with Gasteiger partial charge < -0.3 is 10.2 Å². The second-order valence-electron chi connectivity index (χ2n) is 5.52. The molecule has 0 saturated heterocycles. The molecule has 0 fully saturated rings. The van der Waals surface area contributed by atoms with Crippen LogP contribution in [0.2, 0.25) is 0 Å². The van der Waals surface area contributed by atoms with Crippen LogP contribution >= 0.6 is 0 Å². The van der Waals surface area contributed by atoms with E-state index in [4.69, 9.17) is 0 Å². The molecule has 0 amide bonds. The molecule has 0 radical (unpaired) electrons. The molecule has 0 bridgehead atoms. The SMILES string of the molecule is CN(CCNC(C)(C)C)c1ccn2nccc2n1. The second-order valence-corrected chi connectivity index (χ2v) is 5.52. The summed E-state index contributed by atoms with van der Waals surface area (Å²) in [4.78, 5) is 6.69. The zero-order valence-corrected chi connectivity index (χ0v) is 11.5. The van der Waals surface area contributed by atoms with E-state index in [9.17, 15) is 0 Å². The molecule has 2 aromatic heterocycles. The molecule has 0 spiro atoms. The van der Waals surface area contributed by atoms with Crippen molar-refractivity contribution in [3.05, 3.63) is 24.5 Å². The van der Waals surface area contributed by atoms with E-state index in [0.29, 0.717) is 0 Å². The highest BCUT2D eigenvalue weighted by Gasteiger charge is 2.09. The lowest BCUT2D eigenvalue weighted by molar-refractivity contribution is 0.430. The van der Waals surface area contributed by atoms with Crippen LogP contribution in [0.3, 0.4) is 0 Å². The van der Waals surface area contributed by atoms with Gasteiger partial charge in [-0.05, 0) is 26.8 Å². The van der Waals surface area contributed by atoms with E-state index < -0.39 is 0 Å². The lowest BCUT2D eigenvalue weighted by atomic mass is 10.1. The summed E-state index contributed by atoms with van der Waals surface area (Å²) in [6.45, 7) is 8.37. The fourth-order valence-corrected chi connectivity index (χ4v) is 1.73. The minimum atomic E-state index is 0.156. The zero-order valence-electron chi connectivity index (χ0n) is 11.5. The Bertz CT molecular complexity index is 511. The highest BCUT2D eigenvalue weighted by Crippen LogP contribution is 2.09. The lowest BCUT2D eigenvalue weighted by Crippen LogP contribution is -2.40. The normalized spacial score (nSPS) is 12.0. The van der Waals surface area contributed by atoms with Crippen LogP contribution in [-0.4, -0.2) is 40.3 Å². The van der Waals surface area contributed by atoms with E-state index in [1.165, 1.54) is 0 Å². The Kier molecular flexibility index (Phi) is 3.52. The Labute approximate surface area is 108 Å². The van der Waals surface area contributed by atoms with Gasteiger partial charge in [0, 0.05) is 37.9 Å². The van der Waals surface area contributed by atoms with Crippen molar-refractivity contribution in [1.82, 2.24) is 19.9 Å². The molecule has 2 heterocycles. The number of anilines is 1. The van der Waals surface area contributed by atoms with Crippen molar-refractivity contribution in [3.63, 3.8) is 0 Å². The largest absolute Gasteiger partial charge is 0.358 e. The number of nitrogens with one attached hydrogen (secondary N) is 1. The topological polar surface area (TPSA) is 45.5 Å². The van der Waals surface area contributed by atoms with Gasteiger partial charge in [-0.3, -0.25) is 0 Å². The Balaban J connectivity index is 1.97. The molecule has 0 aromatic carbocycles. The van der Waals surface area contributed by atoms with Gasteiger partial charge >= 0.3 is 0 Å². The van der Waals surface area contributed by atoms with Gasteiger partial charge in [-0.2, -0.15) is 5.10 Å². The van der Waals surface area contributed by atoms with Crippen molar-refractivity contribution in [2.75, 3.05) is 25.0 Å². The molecule has 0 atom stereocenters. The van der Waals surface area contributed by atoms with Gasteiger partial charge in [-0.15, -0.1) is 0 Å². The molecule has 0 unspecified atom stereocenters. The number of aromatic nitrogens is 3. The first kappa shape index (κ1) is 12.8. The van der Waals surface area contributed by atoms with Crippen LogP contribution in [0, 0.1) is 0 Å². The maximum Gasteiger partial charge on any atom is 0.157 e. The van der Waals surface area contributed by atoms with Crippen LogP contribution in [0.4, 0.5) is 5.82 Å². The molecule has 2 rings (SSSR count). The molecule has 1 N–H and O–H groups in total. The van der Waals surface area contributed by atoms with E-state index in [1.54, 1.807) is 10.7 Å². The highest BCUT2D eigenvalue weighted by molar-refractivity contribution is 5.46. The Hall–Kier alpha value is -1.62. The zero-order chi connectivity index (χ0) is 13.2. The predicted molar refractivity (Wildman–Crippen MR) is 74.0 cm³/mol. The van der Waals surface area contributed by atoms with E-state index >= 15 is 0 Å². The minimum Gasteiger partial charge on any atom is -0.358 e. The summed E-state index contributed by atoms with van der Waals surface area (Å²) in [5, 5.41) is 7.60. The molecule has 0 aliphatic heterocycles. The number of rotatable bonds is 4. The quantitative estimate of drug-likeness (QED) is 0.890. The molecule has 5 nitrogen and oxygen atoms in total.